The molecule has 0 aromatic heterocycles. The molecule has 11 nitrogen and oxygen atoms in total. The summed E-state index contributed by atoms with van der Waals surface area (Å²) in [6.45, 7) is 4.18. The first-order valence-corrected chi connectivity index (χ1v) is 7.78. The number of fused-ring (bicyclic) bond motifs is 1. The van der Waals surface area contributed by atoms with Crippen LogP contribution in [0, 0.1) is 0 Å². The number of carbonyl (C=O) groups excluding carboxylic acids is 1. The predicted octanol–water partition coefficient (Wildman–Crippen LogP) is 0.0278. The van der Waals surface area contributed by atoms with E-state index in [1.54, 1.807) is 13.8 Å². The van der Waals surface area contributed by atoms with Crippen molar-refractivity contribution in [1.29, 1.82) is 0 Å². The minimum atomic E-state index is -1.32. The molecule has 2 N–H and O–H groups in total. The number of aliphatic hydroxyl groups excluding tert-OH is 1. The van der Waals surface area contributed by atoms with Crippen LogP contribution in [-0.4, -0.2) is 74.0 Å². The number of methoxy groups -OCH3 is 2. The fourth-order valence-electron chi connectivity index (χ4n) is 3.09. The Morgan fingerprint density at radius 3 is 2.28 bits per heavy atom. The monoisotopic (exact) mass is 360 g/mol. The first-order chi connectivity index (χ1) is 11.7. The molecule has 0 saturated carbocycles. The third kappa shape index (κ3) is 3.44. The Kier molecular flexibility index (Phi) is 5.89. The molecule has 2 unspecified atom stereocenters. The van der Waals surface area contributed by atoms with Crippen molar-refractivity contribution < 1.29 is 33.6 Å². The predicted molar refractivity (Wildman–Crippen MR) is 83.1 cm³/mol. The van der Waals surface area contributed by atoms with Crippen LogP contribution in [0.4, 0.5) is 0 Å². The molecule has 0 spiro atoms. The van der Waals surface area contributed by atoms with Gasteiger partial charge in [-0.2, -0.15) is 0 Å². The van der Waals surface area contributed by atoms with E-state index < -0.39 is 48.8 Å². The lowest BCUT2D eigenvalue weighted by Crippen LogP contribution is -2.74. The minimum Gasteiger partial charge on any atom is -0.394 e. The fourth-order valence-corrected chi connectivity index (χ4v) is 3.09. The maximum Gasteiger partial charge on any atom is 0.220 e. The van der Waals surface area contributed by atoms with Gasteiger partial charge in [-0.1, -0.05) is 5.11 Å². The topological polar surface area (TPSA) is 144 Å². The van der Waals surface area contributed by atoms with Crippen LogP contribution < -0.4 is 5.32 Å². The molecule has 2 rings (SSSR count). The van der Waals surface area contributed by atoms with Gasteiger partial charge in [0, 0.05) is 26.1 Å². The van der Waals surface area contributed by atoms with Gasteiger partial charge in [0.1, 0.15) is 18.3 Å². The lowest BCUT2D eigenvalue weighted by molar-refractivity contribution is -0.466. The molecule has 2 aliphatic rings. The summed E-state index contributed by atoms with van der Waals surface area (Å²) < 4.78 is 28.6. The Morgan fingerprint density at radius 2 is 1.84 bits per heavy atom. The number of aliphatic hydroxyl groups is 1. The summed E-state index contributed by atoms with van der Waals surface area (Å²) in [5.41, 5.74) is 8.78. The first kappa shape index (κ1) is 19.9. The van der Waals surface area contributed by atoms with E-state index in [4.69, 9.17) is 29.2 Å². The fraction of sp³-hybridized carbons (Fsp3) is 0.929. The van der Waals surface area contributed by atoms with Gasteiger partial charge in [-0.05, 0) is 19.4 Å². The van der Waals surface area contributed by atoms with Crippen LogP contribution in [0.2, 0.25) is 0 Å². The van der Waals surface area contributed by atoms with Crippen molar-refractivity contribution >= 4 is 5.91 Å². The Bertz CT molecular complexity index is 557. The minimum absolute atomic E-state index is 0.365. The van der Waals surface area contributed by atoms with Gasteiger partial charge in [-0.3, -0.25) is 4.79 Å². The van der Waals surface area contributed by atoms with E-state index in [9.17, 15) is 9.90 Å². The molecule has 2 heterocycles. The highest BCUT2D eigenvalue weighted by molar-refractivity contribution is 5.73. The lowest BCUT2D eigenvalue weighted by atomic mass is 9.92. The standard InChI is InChI=1S/C14H24N4O7/c1-7(20)16-9-11-10(8(6-19)23-12(9)17-18-15)24-13(2,21-4)14(3,22-5)25-11/h8-12,19H,6H2,1-5H3,(H,16,20)/t8-,9-,10-,11-,12-,13?,14?/m1/s1. The summed E-state index contributed by atoms with van der Waals surface area (Å²) in [6, 6.07) is -0.836. The van der Waals surface area contributed by atoms with Gasteiger partial charge in [0.15, 0.2) is 6.23 Å². The Morgan fingerprint density at radius 1 is 1.28 bits per heavy atom. The molecule has 0 aliphatic carbocycles. The van der Waals surface area contributed by atoms with E-state index in [0.29, 0.717) is 0 Å². The highest BCUT2D eigenvalue weighted by Gasteiger charge is 2.62. The summed E-state index contributed by atoms with van der Waals surface area (Å²) in [4.78, 5) is 14.3. The van der Waals surface area contributed by atoms with E-state index in [2.05, 4.69) is 15.3 Å². The highest BCUT2D eigenvalue weighted by Crippen LogP contribution is 2.43. The summed E-state index contributed by atoms with van der Waals surface area (Å²) in [5, 5.41) is 15.9. The van der Waals surface area contributed by atoms with Gasteiger partial charge in [0.25, 0.3) is 0 Å². The third-order valence-electron chi connectivity index (χ3n) is 4.71. The molecule has 0 aromatic carbocycles. The molecule has 2 fully saturated rings. The average molecular weight is 360 g/mol. The summed E-state index contributed by atoms with van der Waals surface area (Å²) in [5.74, 6) is -2.99. The van der Waals surface area contributed by atoms with Crippen LogP contribution in [0.3, 0.4) is 0 Å². The number of hydrogen-bond donors (Lipinski definition) is 2. The molecular weight excluding hydrogens is 336 g/mol. The van der Waals surface area contributed by atoms with Crippen LogP contribution >= 0.6 is 0 Å². The van der Waals surface area contributed by atoms with Crippen LogP contribution in [0.15, 0.2) is 5.11 Å². The smallest absolute Gasteiger partial charge is 0.220 e. The number of nitrogens with zero attached hydrogens (tertiary/aromatic N) is 3. The maximum atomic E-state index is 11.6. The second-order valence-corrected chi connectivity index (χ2v) is 6.14. The van der Waals surface area contributed by atoms with Gasteiger partial charge in [-0.15, -0.1) is 0 Å². The largest absolute Gasteiger partial charge is 0.394 e. The number of nitrogens with one attached hydrogen (secondary N) is 1. The molecule has 25 heavy (non-hydrogen) atoms. The van der Waals surface area contributed by atoms with Crippen LogP contribution in [0.1, 0.15) is 20.8 Å². The molecule has 11 heteroatoms. The van der Waals surface area contributed by atoms with Crippen molar-refractivity contribution in [3.05, 3.63) is 10.4 Å². The van der Waals surface area contributed by atoms with Crippen molar-refractivity contribution in [2.45, 2.75) is 62.9 Å². The van der Waals surface area contributed by atoms with Gasteiger partial charge < -0.3 is 34.1 Å². The zero-order valence-corrected chi connectivity index (χ0v) is 14.8. The van der Waals surface area contributed by atoms with E-state index in [-0.39, 0.29) is 5.91 Å². The van der Waals surface area contributed by atoms with Crippen LogP contribution in [0.5, 0.6) is 0 Å². The Balaban J connectivity index is 2.45. The Labute approximate surface area is 145 Å². The van der Waals surface area contributed by atoms with Crippen LogP contribution in [-0.2, 0) is 28.5 Å². The molecule has 1 amide bonds. The number of rotatable bonds is 5. The molecule has 142 valence electrons. The van der Waals surface area contributed by atoms with Gasteiger partial charge in [0.2, 0.25) is 17.5 Å². The van der Waals surface area contributed by atoms with Crippen molar-refractivity contribution in [2.75, 3.05) is 20.8 Å². The van der Waals surface area contributed by atoms with Gasteiger partial charge in [-0.25, -0.2) is 0 Å². The Hall–Kier alpha value is -1.46. The van der Waals surface area contributed by atoms with E-state index in [0.717, 1.165) is 0 Å². The number of amides is 1. The summed E-state index contributed by atoms with van der Waals surface area (Å²) in [6.07, 6.45) is -3.52. The summed E-state index contributed by atoms with van der Waals surface area (Å²) >= 11 is 0. The number of carbonyl (C=O) groups is 1. The van der Waals surface area contributed by atoms with E-state index in [1.165, 1.54) is 21.1 Å². The van der Waals surface area contributed by atoms with E-state index in [1.807, 2.05) is 0 Å². The average Bonchev–Trinajstić information content (AvgIpc) is 2.58. The molecule has 0 radical (unpaired) electrons. The molecular formula is C14H24N4O7. The lowest BCUT2D eigenvalue weighted by Gasteiger charge is -2.57. The summed E-state index contributed by atoms with van der Waals surface area (Å²) in [7, 11) is 2.87. The number of hydrogen-bond acceptors (Lipinski definition) is 8. The zero-order chi connectivity index (χ0) is 18.8. The van der Waals surface area contributed by atoms with Crippen molar-refractivity contribution in [2.24, 2.45) is 5.11 Å². The molecule has 2 saturated heterocycles. The highest BCUT2D eigenvalue weighted by atomic mass is 16.8. The number of azide groups is 1. The van der Waals surface area contributed by atoms with Gasteiger partial charge in [0.05, 0.1) is 12.6 Å². The van der Waals surface area contributed by atoms with Crippen molar-refractivity contribution in [1.82, 2.24) is 5.32 Å². The number of ether oxygens (including phenoxy) is 5. The third-order valence-corrected chi connectivity index (χ3v) is 4.71. The molecule has 0 bridgehead atoms. The van der Waals surface area contributed by atoms with Gasteiger partial charge >= 0.3 is 0 Å². The zero-order valence-electron chi connectivity index (χ0n) is 14.8. The molecule has 0 aromatic rings. The van der Waals surface area contributed by atoms with Crippen molar-refractivity contribution in [3.8, 4) is 0 Å². The molecule has 7 atom stereocenters. The first-order valence-electron chi connectivity index (χ1n) is 7.78. The SMILES string of the molecule is COC1(C)O[C@@H]2[C@@H](NC(C)=O)[C@H](N=[N+]=[N-])O[C@H](CO)[C@H]2OC1(C)OC. The maximum absolute atomic E-state index is 11.6. The quantitative estimate of drug-likeness (QED) is 0.400. The second kappa shape index (κ2) is 7.42. The van der Waals surface area contributed by atoms with Crippen LogP contribution in [0.25, 0.3) is 10.4 Å². The molecule has 2 aliphatic heterocycles. The second-order valence-electron chi connectivity index (χ2n) is 6.14. The van der Waals surface area contributed by atoms with E-state index >= 15 is 0 Å². The van der Waals surface area contributed by atoms with Crippen molar-refractivity contribution in [3.63, 3.8) is 0 Å². The normalized spacial score (nSPS) is 43.7.